The van der Waals surface area contributed by atoms with Gasteiger partial charge in [0, 0.05) is 18.9 Å². The Balaban J connectivity index is 1.65. The molecule has 0 saturated carbocycles. The van der Waals surface area contributed by atoms with Crippen molar-refractivity contribution in [2.24, 2.45) is 0 Å². The molecule has 26 heavy (non-hydrogen) atoms. The van der Waals surface area contributed by atoms with E-state index in [0.29, 0.717) is 17.9 Å². The Morgan fingerprint density at radius 3 is 2.73 bits per heavy atom. The molecule has 1 amide bonds. The summed E-state index contributed by atoms with van der Waals surface area (Å²) in [6.45, 7) is 2.71. The summed E-state index contributed by atoms with van der Waals surface area (Å²) in [5, 5.41) is 2.71. The summed E-state index contributed by atoms with van der Waals surface area (Å²) in [7, 11) is 1.28. The molecule has 0 atom stereocenters. The van der Waals surface area contributed by atoms with Crippen LogP contribution in [0.2, 0.25) is 0 Å². The number of ether oxygens (including phenoxy) is 1. The van der Waals surface area contributed by atoms with Gasteiger partial charge in [0.05, 0.1) is 19.0 Å². The monoisotopic (exact) mass is 350 g/mol. The van der Waals surface area contributed by atoms with E-state index < -0.39 is 5.97 Å². The maximum absolute atomic E-state index is 12.3. The second kappa shape index (κ2) is 7.60. The normalized spacial score (nSPS) is 10.4. The first kappa shape index (κ1) is 17.3. The topological polar surface area (TPSA) is 86.1 Å². The van der Waals surface area contributed by atoms with E-state index in [9.17, 15) is 9.59 Å². The lowest BCUT2D eigenvalue weighted by molar-refractivity contribution is 0.0593. The molecule has 0 bridgehead atoms. The Kier molecular flexibility index (Phi) is 5.07. The zero-order valence-electron chi connectivity index (χ0n) is 14.5. The van der Waals surface area contributed by atoms with Crippen LogP contribution in [0.1, 0.15) is 32.0 Å². The van der Waals surface area contributed by atoms with Crippen LogP contribution in [0.3, 0.4) is 0 Å². The zero-order chi connectivity index (χ0) is 18.5. The Hall–Kier alpha value is -3.48. The molecule has 1 N–H and O–H groups in total. The van der Waals surface area contributed by atoms with Crippen LogP contribution in [0.15, 0.2) is 55.1 Å². The van der Waals surface area contributed by atoms with Crippen LogP contribution < -0.4 is 5.32 Å². The average molecular weight is 350 g/mol. The van der Waals surface area contributed by atoms with Gasteiger partial charge in [0.25, 0.3) is 5.91 Å². The second-order valence-electron chi connectivity index (χ2n) is 5.80. The molecule has 7 nitrogen and oxygen atoms in total. The molecule has 7 heteroatoms. The first-order chi connectivity index (χ1) is 12.5. The number of hydrogen-bond acceptors (Lipinski definition) is 5. The summed E-state index contributed by atoms with van der Waals surface area (Å²) in [6, 6.07) is 11.2. The van der Waals surface area contributed by atoms with E-state index in [1.165, 1.54) is 31.0 Å². The molecule has 0 aliphatic carbocycles. The minimum Gasteiger partial charge on any atom is -0.464 e. The van der Waals surface area contributed by atoms with E-state index in [4.69, 9.17) is 0 Å². The number of rotatable bonds is 5. The fourth-order valence-electron chi connectivity index (χ4n) is 2.47. The summed E-state index contributed by atoms with van der Waals surface area (Å²) in [5.74, 6) is -0.457. The van der Waals surface area contributed by atoms with Crippen LogP contribution in [-0.2, 0) is 11.3 Å². The maximum Gasteiger partial charge on any atom is 0.356 e. The molecule has 2 aromatic heterocycles. The van der Waals surface area contributed by atoms with Crippen LogP contribution in [0, 0.1) is 6.92 Å². The van der Waals surface area contributed by atoms with E-state index >= 15 is 0 Å². The molecule has 0 fully saturated rings. The number of methoxy groups -OCH3 is 1. The van der Waals surface area contributed by atoms with Gasteiger partial charge in [-0.05, 0) is 24.6 Å². The van der Waals surface area contributed by atoms with Gasteiger partial charge < -0.3 is 14.6 Å². The van der Waals surface area contributed by atoms with E-state index in [-0.39, 0.29) is 11.6 Å². The van der Waals surface area contributed by atoms with Crippen molar-refractivity contribution in [3.8, 4) is 0 Å². The smallest absolute Gasteiger partial charge is 0.356 e. The molecule has 0 unspecified atom stereocenters. The molecule has 0 radical (unpaired) electrons. The Morgan fingerprint density at radius 2 is 2.04 bits per heavy atom. The van der Waals surface area contributed by atoms with Crippen molar-refractivity contribution < 1.29 is 14.3 Å². The summed E-state index contributed by atoms with van der Waals surface area (Å²) in [5.41, 5.74) is 2.82. The van der Waals surface area contributed by atoms with Gasteiger partial charge >= 0.3 is 5.97 Å². The van der Waals surface area contributed by atoms with Gasteiger partial charge in [0.1, 0.15) is 5.69 Å². The summed E-state index contributed by atoms with van der Waals surface area (Å²) < 4.78 is 6.47. The number of aryl methyl sites for hydroxylation is 1. The number of nitrogens with one attached hydrogen (secondary N) is 1. The van der Waals surface area contributed by atoms with Gasteiger partial charge in [-0.1, -0.05) is 29.8 Å². The van der Waals surface area contributed by atoms with Crippen molar-refractivity contribution in [3.63, 3.8) is 0 Å². The van der Waals surface area contributed by atoms with Crippen molar-refractivity contribution in [2.75, 3.05) is 12.4 Å². The van der Waals surface area contributed by atoms with E-state index in [1.54, 1.807) is 12.5 Å². The highest BCUT2D eigenvalue weighted by molar-refractivity contribution is 6.03. The number of pyridine rings is 1. The highest BCUT2D eigenvalue weighted by Crippen LogP contribution is 2.11. The fraction of sp³-hybridized carbons (Fsp3) is 0.158. The van der Waals surface area contributed by atoms with Gasteiger partial charge in [-0.3, -0.25) is 4.79 Å². The molecule has 0 spiro atoms. The van der Waals surface area contributed by atoms with Crippen LogP contribution >= 0.6 is 0 Å². The molecule has 1 aromatic carbocycles. The molecule has 3 rings (SSSR count). The lowest BCUT2D eigenvalue weighted by atomic mass is 10.1. The zero-order valence-corrected chi connectivity index (χ0v) is 14.5. The molecule has 132 valence electrons. The van der Waals surface area contributed by atoms with Crippen LogP contribution in [0.25, 0.3) is 0 Å². The minimum absolute atomic E-state index is 0.145. The number of imidazole rings is 1. The average Bonchev–Trinajstić information content (AvgIpc) is 3.08. The van der Waals surface area contributed by atoms with Gasteiger partial charge in [-0.25, -0.2) is 14.8 Å². The molecule has 0 aliphatic rings. The van der Waals surface area contributed by atoms with Crippen molar-refractivity contribution in [1.29, 1.82) is 0 Å². The van der Waals surface area contributed by atoms with Gasteiger partial charge in [-0.2, -0.15) is 0 Å². The Morgan fingerprint density at radius 1 is 1.19 bits per heavy atom. The van der Waals surface area contributed by atoms with E-state index in [0.717, 1.165) is 5.56 Å². The summed E-state index contributed by atoms with van der Waals surface area (Å²) >= 11 is 0. The van der Waals surface area contributed by atoms with Crippen LogP contribution in [0.5, 0.6) is 0 Å². The molecule has 0 aliphatic heterocycles. The minimum atomic E-state index is -0.549. The number of nitrogens with zero attached hydrogens (tertiary/aromatic N) is 3. The molecule has 2 heterocycles. The summed E-state index contributed by atoms with van der Waals surface area (Å²) in [6.07, 6.45) is 4.75. The van der Waals surface area contributed by atoms with Crippen molar-refractivity contribution in [2.45, 2.75) is 13.5 Å². The van der Waals surface area contributed by atoms with E-state index in [2.05, 4.69) is 26.1 Å². The van der Waals surface area contributed by atoms with E-state index in [1.807, 2.05) is 29.7 Å². The quantitative estimate of drug-likeness (QED) is 0.715. The second-order valence-corrected chi connectivity index (χ2v) is 5.80. The fourth-order valence-corrected chi connectivity index (χ4v) is 2.47. The third-order valence-electron chi connectivity index (χ3n) is 3.74. The van der Waals surface area contributed by atoms with Gasteiger partial charge in [-0.15, -0.1) is 0 Å². The number of benzene rings is 1. The summed E-state index contributed by atoms with van der Waals surface area (Å²) in [4.78, 5) is 31.7. The SMILES string of the molecule is COC(=O)c1ccc(C(=O)Nc2cn(Cc3cccc(C)c3)cn2)cn1. The third kappa shape index (κ3) is 4.13. The number of hydrogen-bond donors (Lipinski definition) is 1. The van der Waals surface area contributed by atoms with Crippen molar-refractivity contribution in [1.82, 2.24) is 14.5 Å². The molecule has 0 saturated heterocycles. The predicted octanol–water partition coefficient (Wildman–Crippen LogP) is 2.67. The largest absolute Gasteiger partial charge is 0.464 e. The predicted molar refractivity (Wildman–Crippen MR) is 96.0 cm³/mol. The standard InChI is InChI=1S/C19H18N4O3/c1-13-4-3-5-14(8-13)10-23-11-17(21-12-23)22-18(24)15-6-7-16(20-9-15)19(25)26-2/h3-9,11-12H,10H2,1-2H3,(H,22,24). The number of amides is 1. The number of anilines is 1. The van der Waals surface area contributed by atoms with Gasteiger partial charge in [0.2, 0.25) is 0 Å². The number of carbonyl (C=O) groups excluding carboxylic acids is 2. The van der Waals surface area contributed by atoms with Crippen LogP contribution in [0.4, 0.5) is 5.82 Å². The lowest BCUT2D eigenvalue weighted by Crippen LogP contribution is -2.13. The first-order valence-corrected chi connectivity index (χ1v) is 7.98. The van der Waals surface area contributed by atoms with Crippen molar-refractivity contribution >= 4 is 17.7 Å². The van der Waals surface area contributed by atoms with Gasteiger partial charge in [0.15, 0.2) is 5.82 Å². The maximum atomic E-state index is 12.3. The number of carbonyl (C=O) groups is 2. The first-order valence-electron chi connectivity index (χ1n) is 7.98. The highest BCUT2D eigenvalue weighted by atomic mass is 16.5. The van der Waals surface area contributed by atoms with Crippen molar-refractivity contribution in [3.05, 3.63) is 77.5 Å². The Bertz CT molecular complexity index is 932. The molecular weight excluding hydrogens is 332 g/mol. The Labute approximate surface area is 150 Å². The molecular formula is C19H18N4O3. The lowest BCUT2D eigenvalue weighted by Gasteiger charge is -2.04. The van der Waals surface area contributed by atoms with Crippen LogP contribution in [-0.4, -0.2) is 33.5 Å². The highest BCUT2D eigenvalue weighted by Gasteiger charge is 2.11. The number of esters is 1. The third-order valence-corrected chi connectivity index (χ3v) is 3.74. The number of aromatic nitrogens is 3. The molecule has 3 aromatic rings.